The molecule has 0 radical (unpaired) electrons. The van der Waals surface area contributed by atoms with Crippen LogP contribution >= 0.6 is 0 Å². The summed E-state index contributed by atoms with van der Waals surface area (Å²) in [4.78, 5) is 4.99. The molecule has 0 N–H and O–H groups in total. The van der Waals surface area contributed by atoms with Crippen LogP contribution in [0.5, 0.6) is 0 Å². The second kappa shape index (κ2) is 19.4. The van der Waals surface area contributed by atoms with E-state index in [0.29, 0.717) is 0 Å². The highest BCUT2D eigenvalue weighted by molar-refractivity contribution is 6.12. The van der Waals surface area contributed by atoms with Crippen molar-refractivity contribution in [1.82, 2.24) is 0 Å². The summed E-state index contributed by atoms with van der Waals surface area (Å²) in [6.07, 6.45) is 6.68. The largest absolute Gasteiger partial charge is 0.455 e. The van der Waals surface area contributed by atoms with Gasteiger partial charge in [0.2, 0.25) is 0 Å². The summed E-state index contributed by atoms with van der Waals surface area (Å²) in [6.45, 7) is 0. The topological polar surface area (TPSA) is 19.6 Å². The van der Waals surface area contributed by atoms with E-state index in [9.17, 15) is 0 Å². The molecule has 1 heterocycles. The van der Waals surface area contributed by atoms with Gasteiger partial charge in [0.1, 0.15) is 11.2 Å². The lowest BCUT2D eigenvalue weighted by Crippen LogP contribution is -2.16. The normalized spacial score (nSPS) is 12.2. The summed E-state index contributed by atoms with van der Waals surface area (Å²) in [5, 5.41) is 9.23. The zero-order chi connectivity index (χ0) is 52.2. The molecule has 1 aliphatic rings. The maximum atomic E-state index is 7.20. The molecule has 0 saturated heterocycles. The lowest BCUT2D eigenvalue weighted by molar-refractivity contribution is 0.670. The Kier molecular flexibility index (Phi) is 11.3. The van der Waals surface area contributed by atoms with E-state index in [-0.39, 0.29) is 0 Å². The van der Waals surface area contributed by atoms with Gasteiger partial charge >= 0.3 is 0 Å². The van der Waals surface area contributed by atoms with Crippen LogP contribution in [0.3, 0.4) is 0 Å². The number of hydrogen-bond acceptors (Lipinski definition) is 3. The van der Waals surface area contributed by atoms with Crippen molar-refractivity contribution in [2.45, 2.75) is 12.8 Å². The van der Waals surface area contributed by atoms with Crippen LogP contribution in [0.1, 0.15) is 17.5 Å². The standard InChI is InChI=1S/C76H52N2O/c1-3-20-51(21-4-1)58-44-59(52-22-5-2-6-23-52)46-61(45-58)68-36-19-37-70-69-43-42-57(49-75(69)79-76(68)70)60-47-62(77(71-38-15-28-53-24-7-11-32-64(53)71)72-39-16-29-54-25-8-12-33-65(54)72)50-63(48-60)78(73-40-17-30-55-26-9-13-34-66(55)73)74-41-18-31-56-27-10-14-35-67(56)74/h1-9,11-26,28-50H,10,27H2. The quantitative estimate of drug-likeness (QED) is 0.136. The summed E-state index contributed by atoms with van der Waals surface area (Å²) in [5.74, 6) is 0. The van der Waals surface area contributed by atoms with Gasteiger partial charge in [-0.05, 0) is 146 Å². The van der Waals surface area contributed by atoms with Crippen molar-refractivity contribution in [3.63, 3.8) is 0 Å². The first-order valence-corrected chi connectivity index (χ1v) is 27.4. The van der Waals surface area contributed by atoms with Gasteiger partial charge in [-0.25, -0.2) is 0 Å². The van der Waals surface area contributed by atoms with Crippen molar-refractivity contribution in [3.8, 4) is 44.5 Å². The summed E-state index contributed by atoms with van der Waals surface area (Å²) in [6, 6.07) is 102. The minimum absolute atomic E-state index is 0.836. The van der Waals surface area contributed by atoms with Crippen molar-refractivity contribution in [2.24, 2.45) is 0 Å². The van der Waals surface area contributed by atoms with Crippen molar-refractivity contribution >= 4 is 94.5 Å². The Balaban J connectivity index is 0.984. The van der Waals surface area contributed by atoms with E-state index in [1.165, 1.54) is 54.6 Å². The number of allylic oxidation sites excluding steroid dienone is 1. The minimum atomic E-state index is 0.836. The van der Waals surface area contributed by atoms with Crippen LogP contribution in [0, 0.1) is 0 Å². The summed E-state index contributed by atoms with van der Waals surface area (Å²) in [7, 11) is 0. The molecule has 14 aromatic rings. The van der Waals surface area contributed by atoms with Crippen molar-refractivity contribution < 1.29 is 4.42 Å². The fraction of sp³-hybridized carbons (Fsp3) is 0.0263. The monoisotopic (exact) mass is 1010 g/mol. The maximum absolute atomic E-state index is 7.20. The molecular formula is C76H52N2O. The number of fused-ring (bicyclic) bond motifs is 7. The fourth-order valence-corrected chi connectivity index (χ4v) is 12.3. The van der Waals surface area contributed by atoms with E-state index in [4.69, 9.17) is 4.42 Å². The van der Waals surface area contributed by atoms with E-state index in [1.54, 1.807) is 0 Å². The average Bonchev–Trinajstić information content (AvgIpc) is 4.05. The van der Waals surface area contributed by atoms with Crippen LogP contribution in [0.4, 0.5) is 34.1 Å². The Labute approximate surface area is 459 Å². The predicted octanol–water partition coefficient (Wildman–Crippen LogP) is 21.6. The number of benzene rings is 13. The number of para-hydroxylation sites is 1. The number of rotatable bonds is 10. The van der Waals surface area contributed by atoms with Gasteiger partial charge in [-0.3, -0.25) is 0 Å². The number of aryl methyl sites for hydroxylation is 1. The number of furan rings is 1. The van der Waals surface area contributed by atoms with Crippen molar-refractivity contribution in [2.75, 3.05) is 9.80 Å². The van der Waals surface area contributed by atoms with Crippen molar-refractivity contribution in [1.29, 1.82) is 0 Å². The van der Waals surface area contributed by atoms with Crippen LogP contribution in [-0.4, -0.2) is 0 Å². The fourth-order valence-electron chi connectivity index (χ4n) is 12.3. The Bertz CT molecular complexity index is 4530. The SMILES string of the molecule is C1=Cc2c(cccc2N(c2cc(-c3ccc4c(c3)oc3c(-c5cc(-c6ccccc6)cc(-c6ccccc6)c5)cccc34)cc(N(c3cccc4ccccc34)c3cccc4ccccc34)c2)c2cccc3ccccc23)CC1. The highest BCUT2D eigenvalue weighted by Crippen LogP contribution is 2.49. The molecule has 0 saturated carbocycles. The highest BCUT2D eigenvalue weighted by Gasteiger charge is 2.25. The Morgan fingerprint density at radius 3 is 1.37 bits per heavy atom. The molecule has 372 valence electrons. The highest BCUT2D eigenvalue weighted by atomic mass is 16.3. The Morgan fingerprint density at radius 2 is 0.772 bits per heavy atom. The average molecular weight is 1010 g/mol. The molecule has 0 spiro atoms. The van der Waals surface area contributed by atoms with Gasteiger partial charge in [-0.15, -0.1) is 0 Å². The van der Waals surface area contributed by atoms with Gasteiger partial charge in [0, 0.05) is 49.4 Å². The first-order chi connectivity index (χ1) is 39.2. The van der Waals surface area contributed by atoms with Gasteiger partial charge in [-0.1, -0.05) is 218 Å². The molecule has 13 aromatic carbocycles. The van der Waals surface area contributed by atoms with Crippen molar-refractivity contribution in [3.05, 3.63) is 296 Å². The minimum Gasteiger partial charge on any atom is -0.455 e. The molecule has 1 aliphatic carbocycles. The zero-order valence-corrected chi connectivity index (χ0v) is 43.4. The summed E-state index contributed by atoms with van der Waals surface area (Å²) in [5.41, 5.74) is 19.8. The summed E-state index contributed by atoms with van der Waals surface area (Å²) < 4.78 is 7.20. The molecule has 3 heteroatoms. The molecule has 0 bridgehead atoms. The Hall–Kier alpha value is -10.2. The van der Waals surface area contributed by atoms with Gasteiger partial charge in [0.25, 0.3) is 0 Å². The van der Waals surface area contributed by atoms with Crippen LogP contribution in [0.25, 0.3) is 105 Å². The van der Waals surface area contributed by atoms with Gasteiger partial charge < -0.3 is 14.2 Å². The zero-order valence-electron chi connectivity index (χ0n) is 43.4. The molecule has 0 amide bonds. The van der Waals surface area contributed by atoms with Crippen LogP contribution < -0.4 is 9.80 Å². The first-order valence-electron chi connectivity index (χ1n) is 27.4. The smallest absolute Gasteiger partial charge is 0.143 e. The van der Waals surface area contributed by atoms with Crippen LogP contribution in [0.15, 0.2) is 290 Å². The number of hydrogen-bond donors (Lipinski definition) is 0. The Morgan fingerprint density at radius 1 is 0.304 bits per heavy atom. The molecule has 1 aromatic heterocycles. The van der Waals surface area contributed by atoms with Gasteiger partial charge in [0.15, 0.2) is 0 Å². The van der Waals surface area contributed by atoms with E-state index >= 15 is 0 Å². The second-order valence-electron chi connectivity index (χ2n) is 20.7. The summed E-state index contributed by atoms with van der Waals surface area (Å²) >= 11 is 0. The lowest BCUT2D eigenvalue weighted by atomic mass is 9.92. The number of nitrogens with zero attached hydrogens (tertiary/aromatic N) is 2. The predicted molar refractivity (Wildman–Crippen MR) is 335 cm³/mol. The third-order valence-corrected chi connectivity index (χ3v) is 16.0. The molecule has 15 rings (SSSR count). The van der Waals surface area contributed by atoms with Crippen LogP contribution in [-0.2, 0) is 6.42 Å². The third kappa shape index (κ3) is 8.23. The molecule has 3 nitrogen and oxygen atoms in total. The van der Waals surface area contributed by atoms with Gasteiger partial charge in [0.05, 0.1) is 22.7 Å². The molecule has 79 heavy (non-hydrogen) atoms. The lowest BCUT2D eigenvalue weighted by Gasteiger charge is -2.33. The second-order valence-corrected chi connectivity index (χ2v) is 20.7. The third-order valence-electron chi connectivity index (χ3n) is 16.0. The first kappa shape index (κ1) is 46.1. The molecule has 0 aliphatic heterocycles. The van der Waals surface area contributed by atoms with Crippen LogP contribution in [0.2, 0.25) is 0 Å². The van der Waals surface area contributed by atoms with E-state index in [1.807, 2.05) is 0 Å². The number of anilines is 6. The van der Waals surface area contributed by atoms with Gasteiger partial charge in [-0.2, -0.15) is 0 Å². The van der Waals surface area contributed by atoms with E-state index in [0.717, 1.165) is 102 Å². The van der Waals surface area contributed by atoms with E-state index < -0.39 is 0 Å². The molecule has 0 unspecified atom stereocenters. The molecule has 0 atom stereocenters. The molecular weight excluding hydrogens is 957 g/mol. The van der Waals surface area contributed by atoms with E-state index in [2.05, 4.69) is 301 Å². The molecule has 0 fully saturated rings. The maximum Gasteiger partial charge on any atom is 0.143 e.